The minimum Gasteiger partial charge on any atom is -0.281 e. The summed E-state index contributed by atoms with van der Waals surface area (Å²) in [7, 11) is 0. The third-order valence-electron chi connectivity index (χ3n) is 2.21. The number of hydrogen-bond donors (Lipinski definition) is 0. The maximum Gasteiger partial charge on any atom is 0.229 e. The molecular formula is C11H11Cl3O. The van der Waals surface area contributed by atoms with Crippen LogP contribution in [0, 0.1) is 5.92 Å². The van der Waals surface area contributed by atoms with E-state index >= 15 is 0 Å². The molecule has 82 valence electrons. The van der Waals surface area contributed by atoms with Gasteiger partial charge in [0.25, 0.3) is 0 Å². The van der Waals surface area contributed by atoms with Crippen molar-refractivity contribution < 1.29 is 4.79 Å². The van der Waals surface area contributed by atoms with Gasteiger partial charge in [0.1, 0.15) is 0 Å². The fourth-order valence-electron chi connectivity index (χ4n) is 1.50. The SMILES string of the molecule is CC(C)C(C(=O)Cl)c1ccc(Cl)cc1Cl. The molecule has 1 rings (SSSR count). The third kappa shape index (κ3) is 3.10. The summed E-state index contributed by atoms with van der Waals surface area (Å²) in [5.74, 6) is -0.273. The van der Waals surface area contributed by atoms with E-state index in [9.17, 15) is 4.79 Å². The van der Waals surface area contributed by atoms with E-state index in [-0.39, 0.29) is 11.8 Å². The average Bonchev–Trinajstić information content (AvgIpc) is 2.08. The van der Waals surface area contributed by atoms with E-state index in [0.717, 1.165) is 5.56 Å². The fraction of sp³-hybridized carbons (Fsp3) is 0.364. The lowest BCUT2D eigenvalue weighted by atomic mass is 9.89. The normalized spacial score (nSPS) is 12.9. The Morgan fingerprint density at radius 2 is 1.87 bits per heavy atom. The lowest BCUT2D eigenvalue weighted by molar-refractivity contribution is -0.113. The van der Waals surface area contributed by atoms with Gasteiger partial charge in [0.05, 0.1) is 5.92 Å². The highest BCUT2D eigenvalue weighted by molar-refractivity contribution is 6.64. The van der Waals surface area contributed by atoms with E-state index in [2.05, 4.69) is 0 Å². The molecule has 0 amide bonds. The van der Waals surface area contributed by atoms with Crippen molar-refractivity contribution in [1.82, 2.24) is 0 Å². The first-order valence-corrected chi connectivity index (χ1v) is 5.71. The van der Waals surface area contributed by atoms with Gasteiger partial charge in [-0.2, -0.15) is 0 Å². The first-order chi connectivity index (χ1) is 6.93. The monoisotopic (exact) mass is 264 g/mol. The van der Waals surface area contributed by atoms with Gasteiger partial charge < -0.3 is 0 Å². The Balaban J connectivity index is 3.17. The van der Waals surface area contributed by atoms with Crippen molar-refractivity contribution in [2.45, 2.75) is 19.8 Å². The molecule has 0 aliphatic carbocycles. The van der Waals surface area contributed by atoms with Crippen LogP contribution in [0.1, 0.15) is 25.3 Å². The van der Waals surface area contributed by atoms with Crippen LogP contribution in [0.25, 0.3) is 0 Å². The van der Waals surface area contributed by atoms with Crippen LogP contribution in [0.5, 0.6) is 0 Å². The van der Waals surface area contributed by atoms with Crippen molar-refractivity contribution in [3.8, 4) is 0 Å². The van der Waals surface area contributed by atoms with Gasteiger partial charge in [-0.3, -0.25) is 4.79 Å². The molecule has 1 aromatic rings. The van der Waals surface area contributed by atoms with Crippen molar-refractivity contribution in [2.24, 2.45) is 5.92 Å². The van der Waals surface area contributed by atoms with Gasteiger partial charge in [-0.15, -0.1) is 0 Å². The summed E-state index contributed by atoms with van der Waals surface area (Å²) in [6, 6.07) is 5.07. The predicted molar refractivity (Wildman–Crippen MR) is 64.9 cm³/mol. The van der Waals surface area contributed by atoms with E-state index in [1.165, 1.54) is 0 Å². The summed E-state index contributed by atoms with van der Waals surface area (Å²) < 4.78 is 0. The standard InChI is InChI=1S/C11H11Cl3O/c1-6(2)10(11(14)15)8-4-3-7(12)5-9(8)13/h3-6,10H,1-2H3. The molecule has 1 unspecified atom stereocenters. The number of rotatable bonds is 3. The maximum atomic E-state index is 11.3. The molecule has 0 radical (unpaired) electrons. The molecule has 0 spiro atoms. The molecule has 0 bridgehead atoms. The molecule has 4 heteroatoms. The highest BCUT2D eigenvalue weighted by atomic mass is 35.5. The lowest BCUT2D eigenvalue weighted by Crippen LogP contribution is -2.14. The molecule has 0 fully saturated rings. The molecule has 0 saturated heterocycles. The number of carbonyl (C=O) groups is 1. The molecule has 1 aromatic carbocycles. The zero-order valence-corrected chi connectivity index (χ0v) is 10.7. The Morgan fingerprint density at radius 1 is 1.27 bits per heavy atom. The molecule has 15 heavy (non-hydrogen) atoms. The van der Waals surface area contributed by atoms with Gasteiger partial charge in [0.15, 0.2) is 0 Å². The van der Waals surface area contributed by atoms with Crippen LogP contribution in [0.15, 0.2) is 18.2 Å². The van der Waals surface area contributed by atoms with Crippen molar-refractivity contribution in [2.75, 3.05) is 0 Å². The van der Waals surface area contributed by atoms with Gasteiger partial charge >= 0.3 is 0 Å². The largest absolute Gasteiger partial charge is 0.281 e. The lowest BCUT2D eigenvalue weighted by Gasteiger charge is -2.18. The number of halogens is 3. The van der Waals surface area contributed by atoms with E-state index in [1.807, 2.05) is 13.8 Å². The molecule has 0 aromatic heterocycles. The third-order valence-corrected chi connectivity index (χ3v) is 3.01. The summed E-state index contributed by atoms with van der Waals surface area (Å²) in [5, 5.41) is 0.637. The smallest absolute Gasteiger partial charge is 0.229 e. The zero-order chi connectivity index (χ0) is 11.6. The Kier molecular flexibility index (Phi) is 4.45. The summed E-state index contributed by atoms with van der Waals surface area (Å²) in [5.41, 5.74) is 0.732. The van der Waals surface area contributed by atoms with Gasteiger partial charge in [-0.25, -0.2) is 0 Å². The van der Waals surface area contributed by atoms with E-state index < -0.39 is 5.24 Å². The van der Waals surface area contributed by atoms with Crippen LogP contribution in [0.4, 0.5) is 0 Å². The quantitative estimate of drug-likeness (QED) is 0.736. The molecule has 0 N–H and O–H groups in total. The Hall–Kier alpha value is -0.240. The van der Waals surface area contributed by atoms with Crippen LogP contribution >= 0.6 is 34.8 Å². The number of benzene rings is 1. The fourth-order valence-corrected chi connectivity index (χ4v) is 2.39. The molecule has 0 saturated carbocycles. The second-order valence-electron chi connectivity index (χ2n) is 3.69. The van der Waals surface area contributed by atoms with Gasteiger partial charge in [0, 0.05) is 10.0 Å². The highest BCUT2D eigenvalue weighted by Crippen LogP contribution is 2.33. The second-order valence-corrected chi connectivity index (χ2v) is 4.91. The topological polar surface area (TPSA) is 17.1 Å². The number of hydrogen-bond acceptors (Lipinski definition) is 1. The highest BCUT2D eigenvalue weighted by Gasteiger charge is 2.24. The molecule has 1 nitrogen and oxygen atoms in total. The van der Waals surface area contributed by atoms with Crippen molar-refractivity contribution in [3.63, 3.8) is 0 Å². The Morgan fingerprint density at radius 3 is 2.27 bits per heavy atom. The first-order valence-electron chi connectivity index (χ1n) is 4.57. The van der Waals surface area contributed by atoms with Crippen LogP contribution in [0.2, 0.25) is 10.0 Å². The molecule has 0 heterocycles. The zero-order valence-electron chi connectivity index (χ0n) is 8.43. The predicted octanol–water partition coefficient (Wildman–Crippen LogP) is 4.50. The van der Waals surface area contributed by atoms with Crippen LogP contribution in [-0.4, -0.2) is 5.24 Å². The Bertz CT molecular complexity index is 374. The summed E-state index contributed by atoms with van der Waals surface area (Å²) in [6.07, 6.45) is 0. The van der Waals surface area contributed by atoms with Crippen LogP contribution in [0.3, 0.4) is 0 Å². The minimum absolute atomic E-state index is 0.105. The maximum absolute atomic E-state index is 11.3. The Labute approximate surface area is 104 Å². The molecule has 0 aliphatic heterocycles. The second kappa shape index (κ2) is 5.20. The van der Waals surface area contributed by atoms with Gasteiger partial charge in [-0.1, -0.05) is 43.1 Å². The van der Waals surface area contributed by atoms with Gasteiger partial charge in [-0.05, 0) is 35.2 Å². The van der Waals surface area contributed by atoms with Crippen LogP contribution < -0.4 is 0 Å². The average molecular weight is 266 g/mol. The van der Waals surface area contributed by atoms with Crippen molar-refractivity contribution >= 4 is 40.0 Å². The molecular weight excluding hydrogens is 254 g/mol. The molecule has 0 aliphatic rings. The van der Waals surface area contributed by atoms with E-state index in [0.29, 0.717) is 10.0 Å². The van der Waals surface area contributed by atoms with E-state index in [4.69, 9.17) is 34.8 Å². The summed E-state index contributed by atoms with van der Waals surface area (Å²) >= 11 is 17.4. The van der Waals surface area contributed by atoms with Crippen LogP contribution in [-0.2, 0) is 4.79 Å². The van der Waals surface area contributed by atoms with Crippen molar-refractivity contribution in [1.29, 1.82) is 0 Å². The molecule has 1 atom stereocenters. The first kappa shape index (κ1) is 12.8. The summed E-state index contributed by atoms with van der Waals surface area (Å²) in [4.78, 5) is 11.3. The van der Waals surface area contributed by atoms with Crippen molar-refractivity contribution in [3.05, 3.63) is 33.8 Å². The van der Waals surface area contributed by atoms with E-state index in [1.54, 1.807) is 18.2 Å². The van der Waals surface area contributed by atoms with Gasteiger partial charge in [0.2, 0.25) is 5.24 Å². The summed E-state index contributed by atoms with van der Waals surface area (Å²) in [6.45, 7) is 3.85. The minimum atomic E-state index is -0.394. The number of carbonyl (C=O) groups excluding carboxylic acids is 1.